The van der Waals surface area contributed by atoms with E-state index in [1.165, 1.54) is 0 Å². The van der Waals surface area contributed by atoms with E-state index in [-0.39, 0.29) is 11.8 Å². The summed E-state index contributed by atoms with van der Waals surface area (Å²) in [7, 11) is 0. The highest BCUT2D eigenvalue weighted by Crippen LogP contribution is 2.26. The minimum atomic E-state index is -0.754. The van der Waals surface area contributed by atoms with Crippen LogP contribution >= 0.6 is 15.9 Å². The largest absolute Gasteiger partial charge is 0.481 e. The van der Waals surface area contributed by atoms with E-state index in [0.29, 0.717) is 37.7 Å². The quantitative estimate of drug-likeness (QED) is 0.536. The highest BCUT2D eigenvalue weighted by atomic mass is 79.9. The number of nitrogens with zero attached hydrogens (tertiary/aromatic N) is 2. The number of anilines is 1. The van der Waals surface area contributed by atoms with Crippen LogP contribution < -0.4 is 20.5 Å². The Morgan fingerprint density at radius 3 is 2.68 bits per heavy atom. The molecular formula is C22H23BrN4O4. The first-order valence-corrected chi connectivity index (χ1v) is 10.9. The van der Waals surface area contributed by atoms with Crippen LogP contribution in [-0.4, -0.2) is 36.0 Å². The molecule has 1 fully saturated rings. The van der Waals surface area contributed by atoms with Crippen molar-refractivity contribution in [2.24, 2.45) is 5.92 Å². The Morgan fingerprint density at radius 2 is 1.94 bits per heavy atom. The number of hydrogen-bond acceptors (Lipinski definition) is 6. The van der Waals surface area contributed by atoms with Crippen molar-refractivity contribution in [1.29, 1.82) is 0 Å². The molecule has 0 aliphatic carbocycles. The monoisotopic (exact) mass is 486 g/mol. The standard InChI is InChI=1S/C22H23BrN4O4/c1-14(30-17-6-4-5-16(23)13-17)20(28)25-26-21(29)15-9-11-27(12-10-15)22-24-18-7-2-3-8-19(18)31-22/h2-8,13-15H,9-12H2,1H3,(H,25,28)(H,26,29). The molecule has 2 N–H and O–H groups in total. The van der Waals surface area contributed by atoms with Crippen molar-refractivity contribution >= 4 is 44.9 Å². The summed E-state index contributed by atoms with van der Waals surface area (Å²) in [6, 6.07) is 15.4. The van der Waals surface area contributed by atoms with Crippen molar-refractivity contribution in [1.82, 2.24) is 15.8 Å². The number of hydrazine groups is 1. The van der Waals surface area contributed by atoms with E-state index in [1.807, 2.05) is 41.3 Å². The second-order valence-electron chi connectivity index (χ2n) is 7.42. The third-order valence-electron chi connectivity index (χ3n) is 5.21. The zero-order valence-corrected chi connectivity index (χ0v) is 18.6. The van der Waals surface area contributed by atoms with E-state index in [9.17, 15) is 9.59 Å². The Bertz CT molecular complexity index is 1050. The van der Waals surface area contributed by atoms with Crippen molar-refractivity contribution in [2.45, 2.75) is 25.9 Å². The molecule has 1 aromatic heterocycles. The summed E-state index contributed by atoms with van der Waals surface area (Å²) >= 11 is 3.36. The molecule has 2 amide bonds. The minimum Gasteiger partial charge on any atom is -0.481 e. The summed E-state index contributed by atoms with van der Waals surface area (Å²) in [5.74, 6) is -0.255. The molecule has 31 heavy (non-hydrogen) atoms. The number of amides is 2. The summed E-state index contributed by atoms with van der Waals surface area (Å²) in [6.45, 7) is 2.93. The lowest BCUT2D eigenvalue weighted by Gasteiger charge is -2.30. The molecule has 1 unspecified atom stereocenters. The third-order valence-corrected chi connectivity index (χ3v) is 5.70. The maximum atomic E-state index is 12.5. The van der Waals surface area contributed by atoms with Gasteiger partial charge in [-0.3, -0.25) is 20.4 Å². The fraction of sp³-hybridized carbons (Fsp3) is 0.318. The SMILES string of the molecule is CC(Oc1cccc(Br)c1)C(=O)NNC(=O)C1CCN(c2nc3ccccc3o2)CC1. The number of carbonyl (C=O) groups excluding carboxylic acids is 2. The Hall–Kier alpha value is -3.07. The second-order valence-corrected chi connectivity index (χ2v) is 8.34. The Labute approximate surface area is 188 Å². The van der Waals surface area contributed by atoms with E-state index in [2.05, 4.69) is 31.8 Å². The molecule has 3 aromatic rings. The van der Waals surface area contributed by atoms with Gasteiger partial charge in [0.15, 0.2) is 11.7 Å². The molecular weight excluding hydrogens is 464 g/mol. The first-order valence-electron chi connectivity index (χ1n) is 10.1. The molecule has 0 bridgehead atoms. The number of aromatic nitrogens is 1. The number of benzene rings is 2. The fourth-order valence-electron chi connectivity index (χ4n) is 3.45. The van der Waals surface area contributed by atoms with Crippen LogP contribution in [0.5, 0.6) is 5.75 Å². The topological polar surface area (TPSA) is 96.7 Å². The van der Waals surface area contributed by atoms with E-state index < -0.39 is 12.0 Å². The van der Waals surface area contributed by atoms with Gasteiger partial charge < -0.3 is 14.1 Å². The molecule has 9 heteroatoms. The van der Waals surface area contributed by atoms with Gasteiger partial charge in [0.25, 0.3) is 11.9 Å². The molecule has 8 nitrogen and oxygen atoms in total. The number of hydrogen-bond donors (Lipinski definition) is 2. The number of carbonyl (C=O) groups is 2. The van der Waals surface area contributed by atoms with Gasteiger partial charge >= 0.3 is 0 Å². The van der Waals surface area contributed by atoms with Crippen molar-refractivity contribution in [3.05, 3.63) is 53.0 Å². The number of para-hydroxylation sites is 2. The number of nitrogens with one attached hydrogen (secondary N) is 2. The fourth-order valence-corrected chi connectivity index (χ4v) is 3.83. The lowest BCUT2D eigenvalue weighted by Crippen LogP contribution is -2.50. The molecule has 1 aliphatic heterocycles. The highest BCUT2D eigenvalue weighted by molar-refractivity contribution is 9.10. The molecule has 162 valence electrons. The summed E-state index contributed by atoms with van der Waals surface area (Å²) in [5.41, 5.74) is 6.54. The summed E-state index contributed by atoms with van der Waals surface area (Å²) < 4.78 is 12.3. The van der Waals surface area contributed by atoms with Gasteiger partial charge in [-0.05, 0) is 50.1 Å². The van der Waals surface area contributed by atoms with Crippen molar-refractivity contribution in [3.8, 4) is 5.75 Å². The highest BCUT2D eigenvalue weighted by Gasteiger charge is 2.28. The Balaban J connectivity index is 1.23. The summed E-state index contributed by atoms with van der Waals surface area (Å²) in [4.78, 5) is 31.3. The van der Waals surface area contributed by atoms with Crippen LogP contribution in [0.1, 0.15) is 19.8 Å². The molecule has 1 atom stereocenters. The molecule has 4 rings (SSSR count). The van der Waals surface area contributed by atoms with Crippen molar-refractivity contribution in [2.75, 3.05) is 18.0 Å². The predicted molar refractivity (Wildman–Crippen MR) is 119 cm³/mol. The van der Waals surface area contributed by atoms with Crippen molar-refractivity contribution < 1.29 is 18.7 Å². The second kappa shape index (κ2) is 9.38. The molecule has 0 spiro atoms. The molecule has 2 heterocycles. The first-order chi connectivity index (χ1) is 15.0. The average Bonchev–Trinajstić information content (AvgIpc) is 3.21. The van der Waals surface area contributed by atoms with Gasteiger partial charge in [0.1, 0.15) is 11.3 Å². The number of ether oxygens (including phenoxy) is 1. The van der Waals surface area contributed by atoms with Crippen LogP contribution in [0.4, 0.5) is 6.01 Å². The van der Waals surface area contributed by atoms with Gasteiger partial charge in [-0.25, -0.2) is 0 Å². The van der Waals surface area contributed by atoms with Crippen LogP contribution in [-0.2, 0) is 9.59 Å². The van der Waals surface area contributed by atoms with Crippen molar-refractivity contribution in [3.63, 3.8) is 0 Å². The summed E-state index contributed by atoms with van der Waals surface area (Å²) in [6.07, 6.45) is 0.533. The zero-order valence-electron chi connectivity index (χ0n) is 17.0. The van der Waals surface area contributed by atoms with Crippen LogP contribution in [0.15, 0.2) is 57.4 Å². The Kier molecular flexibility index (Phi) is 6.41. The number of halogens is 1. The van der Waals surface area contributed by atoms with E-state index >= 15 is 0 Å². The Morgan fingerprint density at radius 1 is 1.16 bits per heavy atom. The third kappa shape index (κ3) is 5.16. The van der Waals surface area contributed by atoms with Gasteiger partial charge in [-0.15, -0.1) is 0 Å². The maximum absolute atomic E-state index is 12.5. The normalized spacial score (nSPS) is 15.5. The molecule has 2 aromatic carbocycles. The molecule has 1 saturated heterocycles. The van der Waals surface area contributed by atoms with Gasteiger partial charge in [-0.1, -0.05) is 34.1 Å². The lowest BCUT2D eigenvalue weighted by atomic mass is 9.96. The van der Waals surface area contributed by atoms with Gasteiger partial charge in [0, 0.05) is 23.5 Å². The van der Waals surface area contributed by atoms with Crippen LogP contribution in [0, 0.1) is 5.92 Å². The summed E-state index contributed by atoms with van der Waals surface area (Å²) in [5, 5.41) is 0. The lowest BCUT2D eigenvalue weighted by molar-refractivity contribution is -0.134. The predicted octanol–water partition coefficient (Wildman–Crippen LogP) is 3.42. The number of piperidine rings is 1. The van der Waals surface area contributed by atoms with Gasteiger partial charge in [0.2, 0.25) is 5.91 Å². The van der Waals surface area contributed by atoms with Crippen LogP contribution in [0.2, 0.25) is 0 Å². The van der Waals surface area contributed by atoms with E-state index in [4.69, 9.17) is 9.15 Å². The zero-order chi connectivity index (χ0) is 21.8. The molecule has 0 saturated carbocycles. The average molecular weight is 487 g/mol. The van der Waals surface area contributed by atoms with E-state index in [1.54, 1.807) is 19.1 Å². The first kappa shape index (κ1) is 21.2. The minimum absolute atomic E-state index is 0.192. The molecule has 1 aliphatic rings. The van der Waals surface area contributed by atoms with Gasteiger partial charge in [-0.2, -0.15) is 4.98 Å². The number of oxazole rings is 1. The van der Waals surface area contributed by atoms with E-state index in [0.717, 1.165) is 15.6 Å². The van der Waals surface area contributed by atoms with Crippen LogP contribution in [0.3, 0.4) is 0 Å². The van der Waals surface area contributed by atoms with Crippen LogP contribution in [0.25, 0.3) is 11.1 Å². The number of rotatable bonds is 5. The number of fused-ring (bicyclic) bond motifs is 1. The smallest absolute Gasteiger partial charge is 0.298 e. The molecule has 0 radical (unpaired) electrons. The van der Waals surface area contributed by atoms with Gasteiger partial charge in [0.05, 0.1) is 0 Å². The maximum Gasteiger partial charge on any atom is 0.298 e.